The Morgan fingerprint density at radius 3 is 2.45 bits per heavy atom. The van der Waals surface area contributed by atoms with Crippen LogP contribution >= 0.6 is 12.4 Å². The largest absolute Gasteiger partial charge is 0.480 e. The molecule has 122 valence electrons. The first-order valence-electron chi connectivity index (χ1n) is 6.10. The molecule has 0 spiro atoms. The average Bonchev–Trinajstić information content (AvgIpc) is 2.38. The molecule has 1 amide bonds. The summed E-state index contributed by atoms with van der Waals surface area (Å²) >= 11 is 0. The summed E-state index contributed by atoms with van der Waals surface area (Å²) in [5, 5.41) is 11.3. The number of carboxylic acid groups (broad SMARTS) is 1. The van der Waals surface area contributed by atoms with Crippen molar-refractivity contribution in [1.82, 2.24) is 10.2 Å². The number of benzene rings is 1. The van der Waals surface area contributed by atoms with Gasteiger partial charge in [0, 0.05) is 12.6 Å². The number of nitrogens with one attached hydrogen (secondary N) is 1. The zero-order valence-corrected chi connectivity index (χ0v) is 12.9. The molecular formula is C14H17ClF2N2O3. The molecule has 0 bridgehead atoms. The van der Waals surface area contributed by atoms with Crippen molar-refractivity contribution in [3.05, 3.63) is 41.5 Å². The number of aliphatic carboxylic acids is 1. The van der Waals surface area contributed by atoms with Gasteiger partial charge in [0.2, 0.25) is 5.91 Å². The van der Waals surface area contributed by atoms with E-state index in [0.717, 1.165) is 18.2 Å². The molecule has 0 aromatic heterocycles. The molecule has 0 aliphatic carbocycles. The van der Waals surface area contributed by atoms with E-state index in [4.69, 9.17) is 5.11 Å². The Hall–Kier alpha value is -1.99. The molecule has 0 radical (unpaired) electrons. The highest BCUT2D eigenvalue weighted by Gasteiger charge is 2.19. The molecule has 1 aromatic carbocycles. The second-order valence-electron chi connectivity index (χ2n) is 4.67. The van der Waals surface area contributed by atoms with Crippen molar-refractivity contribution < 1.29 is 23.5 Å². The van der Waals surface area contributed by atoms with E-state index < -0.39 is 29.6 Å². The summed E-state index contributed by atoms with van der Waals surface area (Å²) in [7, 11) is 3.36. The Morgan fingerprint density at radius 2 is 1.95 bits per heavy atom. The quantitative estimate of drug-likeness (QED) is 0.774. The van der Waals surface area contributed by atoms with Crippen LogP contribution < -0.4 is 5.32 Å². The fourth-order valence-corrected chi connectivity index (χ4v) is 1.56. The van der Waals surface area contributed by atoms with E-state index in [2.05, 4.69) is 5.32 Å². The monoisotopic (exact) mass is 334 g/mol. The number of carboxylic acids is 1. The van der Waals surface area contributed by atoms with Gasteiger partial charge in [0.25, 0.3) is 0 Å². The molecule has 1 aromatic rings. The average molecular weight is 335 g/mol. The Balaban J connectivity index is 0.00000441. The lowest BCUT2D eigenvalue weighted by atomic mass is 10.2. The zero-order chi connectivity index (χ0) is 16.0. The number of carbonyl (C=O) groups excluding carboxylic acids is 1. The van der Waals surface area contributed by atoms with Gasteiger partial charge in [-0.3, -0.25) is 4.79 Å². The third kappa shape index (κ3) is 6.64. The standard InChI is InChI=1S/C14H16F2N2O3.ClH/c1-18(2)8-12(14(20)21)17-13(19)6-4-9-3-5-10(15)11(16)7-9;/h3-7,12H,8H2,1-2H3,(H,17,19)(H,20,21);1H. The van der Waals surface area contributed by atoms with Crippen LogP contribution in [0.4, 0.5) is 8.78 Å². The Bertz CT molecular complexity index is 565. The molecule has 1 atom stereocenters. The molecule has 0 fully saturated rings. The number of likely N-dealkylation sites (N-methyl/N-ethyl adjacent to an activating group) is 1. The smallest absolute Gasteiger partial charge is 0.327 e. The highest BCUT2D eigenvalue weighted by atomic mass is 35.5. The maximum Gasteiger partial charge on any atom is 0.327 e. The first kappa shape index (κ1) is 20.0. The van der Waals surface area contributed by atoms with Gasteiger partial charge in [-0.2, -0.15) is 0 Å². The first-order chi connectivity index (χ1) is 9.79. The molecule has 0 saturated heterocycles. The highest BCUT2D eigenvalue weighted by Crippen LogP contribution is 2.09. The van der Waals surface area contributed by atoms with Crippen molar-refractivity contribution in [2.75, 3.05) is 20.6 Å². The van der Waals surface area contributed by atoms with E-state index >= 15 is 0 Å². The van der Waals surface area contributed by atoms with Crippen LogP contribution in [-0.2, 0) is 9.59 Å². The van der Waals surface area contributed by atoms with E-state index in [1.807, 2.05) is 0 Å². The number of rotatable bonds is 6. The van der Waals surface area contributed by atoms with Crippen molar-refractivity contribution in [2.24, 2.45) is 0 Å². The Morgan fingerprint density at radius 1 is 1.32 bits per heavy atom. The highest BCUT2D eigenvalue weighted by molar-refractivity contribution is 5.94. The lowest BCUT2D eigenvalue weighted by Crippen LogP contribution is -2.46. The van der Waals surface area contributed by atoms with Gasteiger partial charge < -0.3 is 15.3 Å². The summed E-state index contributed by atoms with van der Waals surface area (Å²) in [5.41, 5.74) is 0.295. The van der Waals surface area contributed by atoms with Gasteiger partial charge in [-0.15, -0.1) is 12.4 Å². The zero-order valence-electron chi connectivity index (χ0n) is 12.0. The summed E-state index contributed by atoms with van der Waals surface area (Å²) in [6.07, 6.45) is 2.34. The molecule has 0 saturated carbocycles. The minimum Gasteiger partial charge on any atom is -0.480 e. The number of nitrogens with zero attached hydrogens (tertiary/aromatic N) is 1. The van der Waals surface area contributed by atoms with Crippen LogP contribution in [0.15, 0.2) is 24.3 Å². The van der Waals surface area contributed by atoms with Crippen LogP contribution in [0, 0.1) is 11.6 Å². The lowest BCUT2D eigenvalue weighted by molar-refractivity contribution is -0.141. The van der Waals surface area contributed by atoms with E-state index in [-0.39, 0.29) is 19.0 Å². The third-order valence-electron chi connectivity index (χ3n) is 2.53. The van der Waals surface area contributed by atoms with Crippen molar-refractivity contribution in [2.45, 2.75) is 6.04 Å². The molecular weight excluding hydrogens is 318 g/mol. The summed E-state index contributed by atoms with van der Waals surface area (Å²) in [6, 6.07) is 2.13. The van der Waals surface area contributed by atoms with E-state index in [0.29, 0.717) is 5.56 Å². The second kappa shape index (κ2) is 9.11. The molecule has 1 rings (SSSR count). The molecule has 8 heteroatoms. The molecule has 5 nitrogen and oxygen atoms in total. The van der Waals surface area contributed by atoms with Crippen LogP contribution in [0.25, 0.3) is 6.08 Å². The van der Waals surface area contributed by atoms with Gasteiger partial charge in [-0.25, -0.2) is 13.6 Å². The van der Waals surface area contributed by atoms with Crippen molar-refractivity contribution >= 4 is 30.4 Å². The predicted octanol–water partition coefficient (Wildman–Crippen LogP) is 1.53. The lowest BCUT2D eigenvalue weighted by Gasteiger charge is -2.17. The summed E-state index contributed by atoms with van der Waals surface area (Å²) in [4.78, 5) is 24.2. The molecule has 0 aliphatic heterocycles. The van der Waals surface area contributed by atoms with Crippen molar-refractivity contribution in [1.29, 1.82) is 0 Å². The first-order valence-corrected chi connectivity index (χ1v) is 6.10. The van der Waals surface area contributed by atoms with Crippen LogP contribution in [0.5, 0.6) is 0 Å². The third-order valence-corrected chi connectivity index (χ3v) is 2.53. The Kier molecular flexibility index (Phi) is 8.29. The molecule has 0 heterocycles. The summed E-state index contributed by atoms with van der Waals surface area (Å²) in [5.74, 6) is -3.78. The Labute approximate surface area is 133 Å². The minimum atomic E-state index is -1.15. The number of carbonyl (C=O) groups is 2. The molecule has 1 unspecified atom stereocenters. The van der Waals surface area contributed by atoms with Gasteiger partial charge in [0.15, 0.2) is 11.6 Å². The van der Waals surface area contributed by atoms with Gasteiger partial charge in [-0.1, -0.05) is 6.07 Å². The number of hydrogen-bond donors (Lipinski definition) is 2. The normalized spacial score (nSPS) is 12.0. The molecule has 22 heavy (non-hydrogen) atoms. The maximum atomic E-state index is 13.0. The van der Waals surface area contributed by atoms with Crippen molar-refractivity contribution in [3.63, 3.8) is 0 Å². The number of halogens is 3. The van der Waals surface area contributed by atoms with E-state index in [9.17, 15) is 18.4 Å². The summed E-state index contributed by atoms with van der Waals surface area (Å²) < 4.78 is 25.7. The fraction of sp³-hybridized carbons (Fsp3) is 0.286. The SMILES string of the molecule is CN(C)CC(NC(=O)C=Cc1ccc(F)c(F)c1)C(=O)O.Cl. The van der Waals surface area contributed by atoms with Gasteiger partial charge in [-0.05, 0) is 37.9 Å². The van der Waals surface area contributed by atoms with E-state index in [1.54, 1.807) is 19.0 Å². The topological polar surface area (TPSA) is 69.6 Å². The van der Waals surface area contributed by atoms with Crippen LogP contribution in [0.3, 0.4) is 0 Å². The van der Waals surface area contributed by atoms with Crippen LogP contribution in [-0.4, -0.2) is 48.6 Å². The van der Waals surface area contributed by atoms with Crippen LogP contribution in [0.1, 0.15) is 5.56 Å². The second-order valence-corrected chi connectivity index (χ2v) is 4.67. The molecule has 0 aliphatic rings. The number of amides is 1. The minimum absolute atomic E-state index is 0. The van der Waals surface area contributed by atoms with Gasteiger partial charge in [0.1, 0.15) is 6.04 Å². The molecule has 2 N–H and O–H groups in total. The predicted molar refractivity (Wildman–Crippen MR) is 80.8 cm³/mol. The maximum absolute atomic E-state index is 13.0. The van der Waals surface area contributed by atoms with Crippen LogP contribution in [0.2, 0.25) is 0 Å². The summed E-state index contributed by atoms with van der Waals surface area (Å²) in [6.45, 7) is 0.139. The van der Waals surface area contributed by atoms with Gasteiger partial charge in [0.05, 0.1) is 0 Å². The van der Waals surface area contributed by atoms with E-state index in [1.165, 1.54) is 12.1 Å². The fourth-order valence-electron chi connectivity index (χ4n) is 1.56. The van der Waals surface area contributed by atoms with Crippen molar-refractivity contribution in [3.8, 4) is 0 Å². The number of hydrogen-bond acceptors (Lipinski definition) is 3. The van der Waals surface area contributed by atoms with Gasteiger partial charge >= 0.3 is 5.97 Å².